The number of hydrogen-bond acceptors (Lipinski definition) is 4. The zero-order chi connectivity index (χ0) is 11.4. The van der Waals surface area contributed by atoms with Crippen molar-refractivity contribution in [1.82, 2.24) is 0 Å². The van der Waals surface area contributed by atoms with Crippen molar-refractivity contribution in [3.63, 3.8) is 0 Å². The van der Waals surface area contributed by atoms with Crippen molar-refractivity contribution in [2.75, 3.05) is 6.61 Å². The molecule has 0 aliphatic rings. The molecule has 4 nitrogen and oxygen atoms in total. The fourth-order valence-electron chi connectivity index (χ4n) is 1.10. The first kappa shape index (κ1) is 11.5. The second-order valence-electron chi connectivity index (χ2n) is 3.40. The number of phenolic OH excluding ortho intramolecular Hbond substituents is 1. The molecular formula is C11H14O4. The van der Waals surface area contributed by atoms with Gasteiger partial charge in [-0.05, 0) is 32.0 Å². The predicted molar refractivity (Wildman–Crippen MR) is 55.3 cm³/mol. The Morgan fingerprint density at radius 1 is 1.53 bits per heavy atom. The smallest absolute Gasteiger partial charge is 0.163 e. The average Bonchev–Trinajstić information content (AvgIpc) is 2.16. The number of ether oxygens (including phenoxy) is 1. The van der Waals surface area contributed by atoms with Crippen LogP contribution in [0.1, 0.15) is 24.2 Å². The maximum absolute atomic E-state index is 11.1. The van der Waals surface area contributed by atoms with Crippen molar-refractivity contribution in [1.29, 1.82) is 0 Å². The molecule has 4 heteroatoms. The highest BCUT2D eigenvalue weighted by Gasteiger charge is 2.08. The van der Waals surface area contributed by atoms with Gasteiger partial charge in [0.25, 0.3) is 0 Å². The Balaban J connectivity index is 2.83. The van der Waals surface area contributed by atoms with Crippen molar-refractivity contribution in [3.8, 4) is 11.5 Å². The Hall–Kier alpha value is -1.55. The molecule has 0 amide bonds. The molecule has 2 N–H and O–H groups in total. The third-order valence-electron chi connectivity index (χ3n) is 1.84. The summed E-state index contributed by atoms with van der Waals surface area (Å²) in [6.07, 6.45) is -0.570. The molecule has 1 aromatic carbocycles. The lowest BCUT2D eigenvalue weighted by Crippen LogP contribution is -2.12. The van der Waals surface area contributed by atoms with Crippen LogP contribution in [-0.2, 0) is 0 Å². The van der Waals surface area contributed by atoms with Crippen LogP contribution in [-0.4, -0.2) is 28.7 Å². The van der Waals surface area contributed by atoms with E-state index in [0.717, 1.165) is 0 Å². The first-order chi connectivity index (χ1) is 7.00. The topological polar surface area (TPSA) is 66.8 Å². The van der Waals surface area contributed by atoms with Gasteiger partial charge in [0.15, 0.2) is 5.78 Å². The van der Waals surface area contributed by atoms with Gasteiger partial charge in [-0.1, -0.05) is 0 Å². The average molecular weight is 210 g/mol. The maximum atomic E-state index is 11.1. The molecule has 0 saturated carbocycles. The number of rotatable bonds is 4. The fraction of sp³-hybridized carbons (Fsp3) is 0.364. The zero-order valence-electron chi connectivity index (χ0n) is 8.73. The Morgan fingerprint density at radius 2 is 2.20 bits per heavy atom. The summed E-state index contributed by atoms with van der Waals surface area (Å²) in [7, 11) is 0. The van der Waals surface area contributed by atoms with Crippen LogP contribution in [0, 0.1) is 0 Å². The molecule has 0 radical (unpaired) electrons. The maximum Gasteiger partial charge on any atom is 0.163 e. The number of aromatic hydroxyl groups is 1. The summed E-state index contributed by atoms with van der Waals surface area (Å²) in [6.45, 7) is 3.13. The summed E-state index contributed by atoms with van der Waals surface area (Å²) in [6, 6.07) is 4.40. The lowest BCUT2D eigenvalue weighted by molar-refractivity contribution is 0.101. The number of aliphatic hydroxyl groups excluding tert-OH is 1. The third-order valence-corrected chi connectivity index (χ3v) is 1.84. The van der Waals surface area contributed by atoms with Crippen LogP contribution >= 0.6 is 0 Å². The third kappa shape index (κ3) is 3.25. The molecular weight excluding hydrogens is 196 g/mol. The molecule has 1 rings (SSSR count). The van der Waals surface area contributed by atoms with E-state index >= 15 is 0 Å². The number of ketones is 1. The molecule has 0 heterocycles. The molecule has 1 atom stereocenters. The lowest BCUT2D eigenvalue weighted by Gasteiger charge is -2.09. The van der Waals surface area contributed by atoms with Crippen LogP contribution in [0.3, 0.4) is 0 Å². The molecule has 0 aromatic heterocycles. The van der Waals surface area contributed by atoms with E-state index in [9.17, 15) is 9.90 Å². The van der Waals surface area contributed by atoms with E-state index in [-0.39, 0.29) is 23.7 Å². The molecule has 1 unspecified atom stereocenters. The van der Waals surface area contributed by atoms with Crippen LogP contribution in [0.2, 0.25) is 0 Å². The van der Waals surface area contributed by atoms with E-state index in [0.29, 0.717) is 5.75 Å². The number of phenols is 1. The standard InChI is InChI=1S/C11H14O4/c1-7(12)6-15-9-3-4-11(14)10(5-9)8(2)13/h3-5,7,12,14H,6H2,1-2H3. The second kappa shape index (κ2) is 4.79. The largest absolute Gasteiger partial charge is 0.507 e. The number of carbonyl (C=O) groups is 1. The predicted octanol–water partition coefficient (Wildman–Crippen LogP) is 1.35. The Morgan fingerprint density at radius 3 is 2.73 bits per heavy atom. The molecule has 0 aliphatic heterocycles. The Kier molecular flexibility index (Phi) is 3.68. The van der Waals surface area contributed by atoms with Crippen molar-refractivity contribution in [2.24, 2.45) is 0 Å². The number of Topliss-reactive ketones (excluding diaryl/α,β-unsaturated/α-hetero) is 1. The van der Waals surface area contributed by atoms with Crippen LogP contribution in [0.15, 0.2) is 18.2 Å². The van der Waals surface area contributed by atoms with Crippen LogP contribution in [0.4, 0.5) is 0 Å². The van der Waals surface area contributed by atoms with Crippen molar-refractivity contribution < 1.29 is 19.7 Å². The Labute approximate surface area is 88.1 Å². The van der Waals surface area contributed by atoms with Gasteiger partial charge in [-0.15, -0.1) is 0 Å². The van der Waals surface area contributed by atoms with Gasteiger partial charge in [0, 0.05) is 0 Å². The van der Waals surface area contributed by atoms with Crippen LogP contribution in [0.25, 0.3) is 0 Å². The normalized spacial score (nSPS) is 12.2. The quantitative estimate of drug-likeness (QED) is 0.736. The number of benzene rings is 1. The van der Waals surface area contributed by atoms with E-state index in [1.807, 2.05) is 0 Å². The fourth-order valence-corrected chi connectivity index (χ4v) is 1.10. The minimum absolute atomic E-state index is 0.0631. The summed E-state index contributed by atoms with van der Waals surface area (Å²) in [4.78, 5) is 11.1. The van der Waals surface area contributed by atoms with E-state index < -0.39 is 6.10 Å². The SMILES string of the molecule is CC(=O)c1cc(OCC(C)O)ccc1O. The molecule has 0 aliphatic carbocycles. The zero-order valence-corrected chi connectivity index (χ0v) is 8.73. The Bertz CT molecular complexity index is 358. The first-order valence-corrected chi connectivity index (χ1v) is 4.65. The van der Waals surface area contributed by atoms with Crippen molar-refractivity contribution >= 4 is 5.78 Å². The van der Waals surface area contributed by atoms with Crippen molar-refractivity contribution in [3.05, 3.63) is 23.8 Å². The summed E-state index contributed by atoms with van der Waals surface area (Å²) in [5.74, 6) is 0.167. The molecule has 0 spiro atoms. The summed E-state index contributed by atoms with van der Waals surface area (Å²) in [5.41, 5.74) is 0.220. The molecule has 0 bridgehead atoms. The van der Waals surface area contributed by atoms with Crippen LogP contribution in [0.5, 0.6) is 11.5 Å². The highest BCUT2D eigenvalue weighted by Crippen LogP contribution is 2.23. The van der Waals surface area contributed by atoms with E-state index in [1.165, 1.54) is 19.1 Å². The molecule has 82 valence electrons. The van der Waals surface area contributed by atoms with E-state index in [4.69, 9.17) is 9.84 Å². The monoisotopic (exact) mass is 210 g/mol. The number of hydrogen-bond donors (Lipinski definition) is 2. The van der Waals surface area contributed by atoms with Gasteiger partial charge in [0.2, 0.25) is 0 Å². The molecule has 15 heavy (non-hydrogen) atoms. The lowest BCUT2D eigenvalue weighted by atomic mass is 10.1. The molecule has 0 fully saturated rings. The van der Waals surface area contributed by atoms with Gasteiger partial charge >= 0.3 is 0 Å². The first-order valence-electron chi connectivity index (χ1n) is 4.65. The van der Waals surface area contributed by atoms with E-state index in [2.05, 4.69) is 0 Å². The van der Waals surface area contributed by atoms with Gasteiger partial charge in [0.05, 0.1) is 11.7 Å². The summed E-state index contributed by atoms with van der Waals surface area (Å²) >= 11 is 0. The van der Waals surface area contributed by atoms with Crippen molar-refractivity contribution in [2.45, 2.75) is 20.0 Å². The second-order valence-corrected chi connectivity index (χ2v) is 3.40. The summed E-state index contributed by atoms with van der Waals surface area (Å²) in [5, 5.41) is 18.4. The van der Waals surface area contributed by atoms with Gasteiger partial charge < -0.3 is 14.9 Å². The number of carbonyl (C=O) groups excluding carboxylic acids is 1. The molecule has 1 aromatic rings. The summed E-state index contributed by atoms with van der Waals surface area (Å²) < 4.78 is 5.20. The van der Waals surface area contributed by atoms with Gasteiger partial charge in [-0.25, -0.2) is 0 Å². The van der Waals surface area contributed by atoms with Crippen LogP contribution < -0.4 is 4.74 Å². The van der Waals surface area contributed by atoms with Gasteiger partial charge in [-0.2, -0.15) is 0 Å². The highest BCUT2D eigenvalue weighted by atomic mass is 16.5. The molecule has 0 saturated heterocycles. The van der Waals surface area contributed by atoms with Gasteiger partial charge in [-0.3, -0.25) is 4.79 Å². The number of aliphatic hydroxyl groups is 1. The minimum atomic E-state index is -0.570. The highest BCUT2D eigenvalue weighted by molar-refractivity contribution is 5.97. The van der Waals surface area contributed by atoms with Gasteiger partial charge in [0.1, 0.15) is 18.1 Å². The minimum Gasteiger partial charge on any atom is -0.507 e. The van der Waals surface area contributed by atoms with E-state index in [1.54, 1.807) is 13.0 Å².